The lowest BCUT2D eigenvalue weighted by Crippen LogP contribution is -2.57. The van der Waals surface area contributed by atoms with Crippen molar-refractivity contribution >= 4 is 5.91 Å². The highest BCUT2D eigenvalue weighted by Gasteiger charge is 2.30. The van der Waals surface area contributed by atoms with Gasteiger partial charge >= 0.3 is 0 Å². The summed E-state index contributed by atoms with van der Waals surface area (Å²) < 4.78 is 0. The first kappa shape index (κ1) is 12.4. The van der Waals surface area contributed by atoms with Crippen molar-refractivity contribution in [1.82, 2.24) is 10.6 Å². The van der Waals surface area contributed by atoms with Crippen LogP contribution in [0.25, 0.3) is 0 Å². The van der Waals surface area contributed by atoms with Gasteiger partial charge < -0.3 is 15.5 Å². The number of amides is 1. The topological polar surface area (TPSA) is 81.6 Å². The average molecular weight is 216 g/mol. The van der Waals surface area contributed by atoms with Crippen LogP contribution in [0.2, 0.25) is 0 Å². The molecule has 1 rings (SSSR count). The summed E-state index contributed by atoms with van der Waals surface area (Å²) in [6.45, 7) is 2.04. The molecule has 0 aromatic heterocycles. The monoisotopic (exact) mass is 216 g/mol. The van der Waals surface area contributed by atoms with E-state index in [0.717, 1.165) is 19.3 Å². The number of carbonyl (C=O) groups excluding carboxylic acids is 1. The average Bonchev–Trinajstić information content (AvgIpc) is 2.44. The van der Waals surface area contributed by atoms with Crippen LogP contribution < -0.4 is 10.6 Å². The van der Waals surface area contributed by atoms with Crippen LogP contribution in [0.15, 0.2) is 0 Å². The third-order valence-electron chi connectivity index (χ3n) is 2.76. The standard InChI is InChI=1S/C10H20N2O3/c1-10(6-13,7-14)12-8-4-2-3-5-11-9(8)15/h8,12-14H,2-7H2,1H3,(H,11,15). The lowest BCUT2D eigenvalue weighted by atomic mass is 10.0. The molecule has 1 aliphatic rings. The second kappa shape index (κ2) is 5.44. The lowest BCUT2D eigenvalue weighted by Gasteiger charge is -2.30. The van der Waals surface area contributed by atoms with Gasteiger partial charge in [0.2, 0.25) is 5.91 Å². The van der Waals surface area contributed by atoms with E-state index < -0.39 is 5.54 Å². The Morgan fingerprint density at radius 3 is 2.73 bits per heavy atom. The van der Waals surface area contributed by atoms with E-state index >= 15 is 0 Å². The quantitative estimate of drug-likeness (QED) is 0.485. The fourth-order valence-corrected chi connectivity index (χ4v) is 1.64. The molecule has 0 aromatic carbocycles. The third kappa shape index (κ3) is 3.44. The van der Waals surface area contributed by atoms with Gasteiger partial charge in [0.1, 0.15) is 0 Å². The molecule has 1 atom stereocenters. The van der Waals surface area contributed by atoms with Crippen LogP contribution in [0, 0.1) is 0 Å². The molecule has 0 radical (unpaired) electrons. The van der Waals surface area contributed by atoms with E-state index in [1.54, 1.807) is 6.92 Å². The maximum atomic E-state index is 11.6. The van der Waals surface area contributed by atoms with E-state index in [2.05, 4.69) is 10.6 Å². The predicted molar refractivity (Wildman–Crippen MR) is 56.4 cm³/mol. The fourth-order valence-electron chi connectivity index (χ4n) is 1.64. The highest BCUT2D eigenvalue weighted by Crippen LogP contribution is 2.10. The first-order valence-electron chi connectivity index (χ1n) is 5.38. The minimum Gasteiger partial charge on any atom is -0.394 e. The van der Waals surface area contributed by atoms with Crippen molar-refractivity contribution in [2.45, 2.75) is 37.8 Å². The van der Waals surface area contributed by atoms with Crippen LogP contribution in [0.3, 0.4) is 0 Å². The smallest absolute Gasteiger partial charge is 0.237 e. The number of hydrogen-bond donors (Lipinski definition) is 4. The van der Waals surface area contributed by atoms with Gasteiger partial charge in [0, 0.05) is 6.54 Å². The van der Waals surface area contributed by atoms with Crippen molar-refractivity contribution in [3.05, 3.63) is 0 Å². The van der Waals surface area contributed by atoms with E-state index in [9.17, 15) is 4.79 Å². The minimum absolute atomic E-state index is 0.0411. The summed E-state index contributed by atoms with van der Waals surface area (Å²) in [5.41, 5.74) is -0.785. The number of carbonyl (C=O) groups is 1. The second-order valence-electron chi connectivity index (χ2n) is 4.36. The molecule has 5 nitrogen and oxygen atoms in total. The number of hydrogen-bond acceptors (Lipinski definition) is 4. The molecule has 1 amide bonds. The Bertz CT molecular complexity index is 217. The predicted octanol–water partition coefficient (Wildman–Crippen LogP) is -1.01. The second-order valence-corrected chi connectivity index (χ2v) is 4.36. The van der Waals surface area contributed by atoms with Gasteiger partial charge in [0.05, 0.1) is 24.8 Å². The normalized spacial score (nSPS) is 23.4. The molecule has 15 heavy (non-hydrogen) atoms. The fraction of sp³-hybridized carbons (Fsp3) is 0.900. The van der Waals surface area contributed by atoms with E-state index in [4.69, 9.17) is 10.2 Å². The molecule has 0 saturated carbocycles. The van der Waals surface area contributed by atoms with E-state index in [1.807, 2.05) is 0 Å². The highest BCUT2D eigenvalue weighted by atomic mass is 16.3. The van der Waals surface area contributed by atoms with Gasteiger partial charge in [-0.05, 0) is 26.2 Å². The Hall–Kier alpha value is -0.650. The van der Waals surface area contributed by atoms with Crippen LogP contribution in [-0.4, -0.2) is 47.5 Å². The Morgan fingerprint density at radius 2 is 2.13 bits per heavy atom. The number of aliphatic hydroxyl groups is 2. The molecule has 5 heteroatoms. The minimum atomic E-state index is -0.785. The summed E-state index contributed by atoms with van der Waals surface area (Å²) in [6.07, 6.45) is 2.71. The Labute approximate surface area is 89.9 Å². The molecule has 0 aromatic rings. The summed E-state index contributed by atoms with van der Waals surface area (Å²) in [5, 5.41) is 24.0. The van der Waals surface area contributed by atoms with Crippen LogP contribution in [0.5, 0.6) is 0 Å². The summed E-state index contributed by atoms with van der Waals surface area (Å²) in [7, 11) is 0. The number of rotatable bonds is 4. The van der Waals surface area contributed by atoms with Gasteiger partial charge in [-0.15, -0.1) is 0 Å². The third-order valence-corrected chi connectivity index (χ3v) is 2.76. The maximum Gasteiger partial charge on any atom is 0.237 e. The van der Waals surface area contributed by atoms with Crippen molar-refractivity contribution in [2.75, 3.05) is 19.8 Å². The molecule has 88 valence electrons. The zero-order valence-electron chi connectivity index (χ0n) is 9.12. The van der Waals surface area contributed by atoms with Gasteiger partial charge in [-0.3, -0.25) is 10.1 Å². The SMILES string of the molecule is CC(CO)(CO)NC1CCCCNC1=O. The Kier molecular flexibility index (Phi) is 4.50. The van der Waals surface area contributed by atoms with Crippen molar-refractivity contribution in [2.24, 2.45) is 0 Å². The maximum absolute atomic E-state index is 11.6. The van der Waals surface area contributed by atoms with E-state index in [1.165, 1.54) is 0 Å². The van der Waals surface area contributed by atoms with Crippen LogP contribution in [-0.2, 0) is 4.79 Å². The molecule has 1 unspecified atom stereocenters. The van der Waals surface area contributed by atoms with E-state index in [-0.39, 0.29) is 25.2 Å². The summed E-state index contributed by atoms with van der Waals surface area (Å²) in [6, 6.07) is -0.309. The van der Waals surface area contributed by atoms with Crippen LogP contribution in [0.4, 0.5) is 0 Å². The largest absolute Gasteiger partial charge is 0.394 e. The molecule has 0 spiro atoms. The molecule has 0 bridgehead atoms. The van der Waals surface area contributed by atoms with Gasteiger partial charge in [-0.25, -0.2) is 0 Å². The van der Waals surface area contributed by atoms with Crippen LogP contribution >= 0.6 is 0 Å². The van der Waals surface area contributed by atoms with Gasteiger partial charge in [0.15, 0.2) is 0 Å². The van der Waals surface area contributed by atoms with Crippen molar-refractivity contribution < 1.29 is 15.0 Å². The summed E-state index contributed by atoms with van der Waals surface area (Å²) in [4.78, 5) is 11.6. The molecule has 1 heterocycles. The van der Waals surface area contributed by atoms with Gasteiger partial charge in [-0.1, -0.05) is 0 Å². The van der Waals surface area contributed by atoms with Crippen molar-refractivity contribution in [3.63, 3.8) is 0 Å². The zero-order valence-corrected chi connectivity index (χ0v) is 9.12. The van der Waals surface area contributed by atoms with E-state index in [0.29, 0.717) is 6.54 Å². The van der Waals surface area contributed by atoms with Gasteiger partial charge in [-0.2, -0.15) is 0 Å². The Morgan fingerprint density at radius 1 is 1.47 bits per heavy atom. The first-order valence-corrected chi connectivity index (χ1v) is 5.38. The summed E-state index contributed by atoms with van der Waals surface area (Å²) >= 11 is 0. The molecule has 0 aliphatic carbocycles. The molecule has 1 saturated heterocycles. The molecular formula is C10H20N2O3. The summed E-state index contributed by atoms with van der Waals surface area (Å²) in [5.74, 6) is -0.0411. The number of nitrogens with one attached hydrogen (secondary N) is 2. The molecule has 1 fully saturated rings. The molecular weight excluding hydrogens is 196 g/mol. The highest BCUT2D eigenvalue weighted by molar-refractivity contribution is 5.82. The Balaban J connectivity index is 2.57. The first-order chi connectivity index (χ1) is 7.11. The molecule has 4 N–H and O–H groups in total. The lowest BCUT2D eigenvalue weighted by molar-refractivity contribution is -0.123. The van der Waals surface area contributed by atoms with Crippen molar-refractivity contribution in [1.29, 1.82) is 0 Å². The number of aliphatic hydroxyl groups excluding tert-OH is 2. The zero-order chi connectivity index (χ0) is 11.3. The van der Waals surface area contributed by atoms with Gasteiger partial charge in [0.25, 0.3) is 0 Å². The van der Waals surface area contributed by atoms with Crippen LogP contribution in [0.1, 0.15) is 26.2 Å². The van der Waals surface area contributed by atoms with Crippen molar-refractivity contribution in [3.8, 4) is 0 Å². The molecule has 1 aliphatic heterocycles.